The summed E-state index contributed by atoms with van der Waals surface area (Å²) in [5.41, 5.74) is 0.935. The molecule has 1 fully saturated rings. The third-order valence-electron chi connectivity index (χ3n) is 2.87. The average molecular weight is 269 g/mol. The monoisotopic (exact) mass is 268 g/mol. The first kappa shape index (κ1) is 13.3. The number of hydrogen-bond acceptors (Lipinski definition) is 3. The van der Waals surface area contributed by atoms with E-state index in [0.717, 1.165) is 25.4 Å². The van der Waals surface area contributed by atoms with Gasteiger partial charge in [0.1, 0.15) is 0 Å². The van der Waals surface area contributed by atoms with E-state index in [1.165, 1.54) is 0 Å². The Morgan fingerprint density at radius 2 is 2.06 bits per heavy atom. The summed E-state index contributed by atoms with van der Waals surface area (Å²) in [6, 6.07) is 7.05. The van der Waals surface area contributed by atoms with Crippen molar-refractivity contribution in [2.75, 3.05) is 31.6 Å². The Kier molecular flexibility index (Phi) is 4.22. The molecular formula is C13H17ClN2O2. The largest absolute Gasteiger partial charge is 0.380 e. The minimum atomic E-state index is -0.0545. The fraction of sp³-hybridized carbons (Fsp3) is 0.462. The van der Waals surface area contributed by atoms with Crippen LogP contribution in [-0.2, 0) is 9.53 Å². The molecule has 0 bridgehead atoms. The Bertz CT molecular complexity index is 416. The summed E-state index contributed by atoms with van der Waals surface area (Å²) in [6.07, 6.45) is 0. The van der Waals surface area contributed by atoms with Gasteiger partial charge in [0.05, 0.1) is 19.8 Å². The van der Waals surface area contributed by atoms with Gasteiger partial charge in [-0.15, -0.1) is 0 Å². The van der Waals surface area contributed by atoms with Crippen LogP contribution in [0.3, 0.4) is 0 Å². The normalized spacial score (nSPS) is 17.0. The molecule has 1 aromatic rings. The number of nitrogens with one attached hydrogen (secondary N) is 2. The SMILES string of the molecule is CC1(CNCC(=O)Nc2ccc(Cl)cc2)COC1. The van der Waals surface area contributed by atoms with Crippen LogP contribution in [0.2, 0.25) is 5.02 Å². The molecule has 1 aliphatic rings. The number of ether oxygens (including phenoxy) is 1. The van der Waals surface area contributed by atoms with Gasteiger partial charge in [-0.1, -0.05) is 18.5 Å². The molecule has 1 aromatic carbocycles. The standard InChI is InChI=1S/C13H17ClN2O2/c1-13(8-18-9-13)7-15-6-12(17)16-11-4-2-10(14)3-5-11/h2-5,15H,6-9H2,1H3,(H,16,17). The van der Waals surface area contributed by atoms with Crippen LogP contribution < -0.4 is 10.6 Å². The van der Waals surface area contributed by atoms with Crippen molar-refractivity contribution < 1.29 is 9.53 Å². The van der Waals surface area contributed by atoms with Crippen molar-refractivity contribution in [3.63, 3.8) is 0 Å². The van der Waals surface area contributed by atoms with E-state index in [2.05, 4.69) is 17.6 Å². The number of halogens is 1. The molecule has 4 nitrogen and oxygen atoms in total. The first-order valence-electron chi connectivity index (χ1n) is 5.91. The summed E-state index contributed by atoms with van der Waals surface area (Å²) in [4.78, 5) is 11.7. The molecule has 1 saturated heterocycles. The zero-order valence-corrected chi connectivity index (χ0v) is 11.1. The molecule has 5 heteroatoms. The number of benzene rings is 1. The Morgan fingerprint density at radius 3 is 2.61 bits per heavy atom. The van der Waals surface area contributed by atoms with Crippen LogP contribution in [0.5, 0.6) is 0 Å². The number of amides is 1. The van der Waals surface area contributed by atoms with Gasteiger partial charge in [0, 0.05) is 22.7 Å². The van der Waals surface area contributed by atoms with Crippen molar-refractivity contribution in [2.45, 2.75) is 6.92 Å². The van der Waals surface area contributed by atoms with Crippen molar-refractivity contribution in [3.05, 3.63) is 29.3 Å². The van der Waals surface area contributed by atoms with E-state index >= 15 is 0 Å². The number of anilines is 1. The lowest BCUT2D eigenvalue weighted by Gasteiger charge is -2.38. The van der Waals surface area contributed by atoms with Gasteiger partial charge >= 0.3 is 0 Å². The molecule has 18 heavy (non-hydrogen) atoms. The second-order valence-electron chi connectivity index (χ2n) is 4.96. The third-order valence-corrected chi connectivity index (χ3v) is 3.12. The Hall–Kier alpha value is -1.10. The van der Waals surface area contributed by atoms with Crippen LogP contribution in [0.15, 0.2) is 24.3 Å². The Balaban J connectivity index is 1.70. The molecule has 1 aliphatic heterocycles. The molecule has 0 aliphatic carbocycles. The van der Waals surface area contributed by atoms with Crippen molar-refractivity contribution in [1.82, 2.24) is 5.32 Å². The molecule has 2 rings (SSSR count). The lowest BCUT2D eigenvalue weighted by molar-refractivity contribution is -0.117. The highest BCUT2D eigenvalue weighted by atomic mass is 35.5. The summed E-state index contributed by atoms with van der Waals surface area (Å²) in [5.74, 6) is -0.0545. The molecule has 0 atom stereocenters. The topological polar surface area (TPSA) is 50.4 Å². The predicted octanol–water partition coefficient (Wildman–Crippen LogP) is 1.90. The molecule has 98 valence electrons. The Morgan fingerprint density at radius 1 is 1.39 bits per heavy atom. The number of carbonyl (C=O) groups is 1. The molecule has 2 N–H and O–H groups in total. The van der Waals surface area contributed by atoms with E-state index in [0.29, 0.717) is 11.6 Å². The molecular weight excluding hydrogens is 252 g/mol. The quantitative estimate of drug-likeness (QED) is 0.858. The predicted molar refractivity (Wildman–Crippen MR) is 71.9 cm³/mol. The lowest BCUT2D eigenvalue weighted by Crippen LogP contribution is -2.48. The van der Waals surface area contributed by atoms with Gasteiger partial charge in [0.15, 0.2) is 0 Å². The summed E-state index contributed by atoms with van der Waals surface area (Å²) in [7, 11) is 0. The molecule has 0 saturated carbocycles. The van der Waals surface area contributed by atoms with E-state index in [1.54, 1.807) is 24.3 Å². The van der Waals surface area contributed by atoms with Crippen LogP contribution in [0.1, 0.15) is 6.92 Å². The average Bonchev–Trinajstić information content (AvgIpc) is 2.30. The molecule has 0 radical (unpaired) electrons. The first-order valence-corrected chi connectivity index (χ1v) is 6.29. The van der Waals surface area contributed by atoms with Crippen molar-refractivity contribution in [2.24, 2.45) is 5.41 Å². The maximum Gasteiger partial charge on any atom is 0.238 e. The summed E-state index contributed by atoms with van der Waals surface area (Å²) in [6.45, 7) is 4.76. The minimum absolute atomic E-state index is 0.0545. The van der Waals surface area contributed by atoms with E-state index in [4.69, 9.17) is 16.3 Å². The molecule has 0 spiro atoms. The highest BCUT2D eigenvalue weighted by molar-refractivity contribution is 6.30. The number of rotatable bonds is 5. The molecule has 0 unspecified atom stereocenters. The zero-order valence-electron chi connectivity index (χ0n) is 10.3. The van der Waals surface area contributed by atoms with Crippen molar-refractivity contribution >= 4 is 23.2 Å². The lowest BCUT2D eigenvalue weighted by atomic mass is 9.89. The fourth-order valence-electron chi connectivity index (χ4n) is 1.77. The van der Waals surface area contributed by atoms with Gasteiger partial charge in [0.2, 0.25) is 5.91 Å². The second-order valence-corrected chi connectivity index (χ2v) is 5.40. The highest BCUT2D eigenvalue weighted by Gasteiger charge is 2.32. The Labute approximate surface area is 112 Å². The third kappa shape index (κ3) is 3.70. The fourth-order valence-corrected chi connectivity index (χ4v) is 1.89. The minimum Gasteiger partial charge on any atom is -0.380 e. The van der Waals surface area contributed by atoms with E-state index < -0.39 is 0 Å². The van der Waals surface area contributed by atoms with Crippen LogP contribution in [0.25, 0.3) is 0 Å². The summed E-state index contributed by atoms with van der Waals surface area (Å²) in [5, 5.41) is 6.60. The smallest absolute Gasteiger partial charge is 0.238 e. The maximum absolute atomic E-state index is 11.7. The van der Waals surface area contributed by atoms with Gasteiger partial charge in [-0.05, 0) is 24.3 Å². The van der Waals surface area contributed by atoms with Crippen molar-refractivity contribution in [3.8, 4) is 0 Å². The maximum atomic E-state index is 11.7. The number of hydrogen-bond donors (Lipinski definition) is 2. The first-order chi connectivity index (χ1) is 8.57. The van der Waals surface area contributed by atoms with E-state index in [9.17, 15) is 4.79 Å². The highest BCUT2D eigenvalue weighted by Crippen LogP contribution is 2.24. The van der Waals surface area contributed by atoms with E-state index in [1.807, 2.05) is 0 Å². The second kappa shape index (κ2) is 5.69. The summed E-state index contributed by atoms with van der Waals surface area (Å²) >= 11 is 5.77. The van der Waals surface area contributed by atoms with Gasteiger partial charge in [-0.2, -0.15) is 0 Å². The van der Waals surface area contributed by atoms with Gasteiger partial charge in [0.25, 0.3) is 0 Å². The van der Waals surface area contributed by atoms with E-state index in [-0.39, 0.29) is 11.3 Å². The molecule has 1 heterocycles. The van der Waals surface area contributed by atoms with Crippen molar-refractivity contribution in [1.29, 1.82) is 0 Å². The van der Waals surface area contributed by atoms with Crippen LogP contribution in [0.4, 0.5) is 5.69 Å². The van der Waals surface area contributed by atoms with Crippen LogP contribution in [-0.4, -0.2) is 32.2 Å². The van der Waals surface area contributed by atoms with Crippen LogP contribution in [0, 0.1) is 5.41 Å². The van der Waals surface area contributed by atoms with Gasteiger partial charge in [-0.3, -0.25) is 4.79 Å². The summed E-state index contributed by atoms with van der Waals surface area (Å²) < 4.78 is 5.15. The van der Waals surface area contributed by atoms with Crippen LogP contribution >= 0.6 is 11.6 Å². The van der Waals surface area contributed by atoms with Gasteiger partial charge < -0.3 is 15.4 Å². The molecule has 1 amide bonds. The molecule has 0 aromatic heterocycles. The number of carbonyl (C=O) groups excluding carboxylic acids is 1. The zero-order chi connectivity index (χ0) is 13.0. The van der Waals surface area contributed by atoms with Gasteiger partial charge in [-0.25, -0.2) is 0 Å².